The van der Waals surface area contributed by atoms with Gasteiger partial charge >= 0.3 is 6.18 Å². The molecule has 0 aromatic carbocycles. The number of alkyl halides is 3. The topological polar surface area (TPSA) is 55.1 Å². The van der Waals surface area contributed by atoms with Crippen molar-refractivity contribution in [3.63, 3.8) is 0 Å². The van der Waals surface area contributed by atoms with Gasteiger partial charge in [-0.1, -0.05) is 6.92 Å². The Kier molecular flexibility index (Phi) is 5.44. The van der Waals surface area contributed by atoms with Crippen molar-refractivity contribution in [3.8, 4) is 0 Å². The zero-order valence-corrected chi connectivity index (χ0v) is 10.6. The number of carbonyl (C=O) groups excluding carboxylic acids is 1. The maximum absolute atomic E-state index is 12.5. The first kappa shape index (κ1) is 15.3. The first-order valence-corrected chi connectivity index (χ1v) is 6.45. The third-order valence-electron chi connectivity index (χ3n) is 3.68. The van der Waals surface area contributed by atoms with Crippen LogP contribution in [-0.4, -0.2) is 24.7 Å². The van der Waals surface area contributed by atoms with Crippen molar-refractivity contribution in [2.75, 3.05) is 6.54 Å². The lowest BCUT2D eigenvalue weighted by molar-refractivity contribution is -0.182. The summed E-state index contributed by atoms with van der Waals surface area (Å²) in [4.78, 5) is 11.7. The zero-order valence-electron chi connectivity index (χ0n) is 10.6. The van der Waals surface area contributed by atoms with Crippen LogP contribution < -0.4 is 11.1 Å². The van der Waals surface area contributed by atoms with Crippen molar-refractivity contribution in [2.24, 2.45) is 17.6 Å². The normalized spacial score (nSPS) is 26.7. The molecule has 0 aromatic rings. The summed E-state index contributed by atoms with van der Waals surface area (Å²) in [6.07, 6.45) is -2.44. The van der Waals surface area contributed by atoms with E-state index in [-0.39, 0.29) is 37.3 Å². The van der Waals surface area contributed by atoms with Crippen molar-refractivity contribution in [3.05, 3.63) is 0 Å². The van der Waals surface area contributed by atoms with Crippen LogP contribution in [0.5, 0.6) is 0 Å². The van der Waals surface area contributed by atoms with Gasteiger partial charge in [0, 0.05) is 18.5 Å². The minimum absolute atomic E-state index is 0.105. The molecule has 1 aliphatic carbocycles. The molecule has 3 nitrogen and oxygen atoms in total. The molecule has 0 bridgehead atoms. The minimum Gasteiger partial charge on any atom is -0.353 e. The average molecular weight is 266 g/mol. The van der Waals surface area contributed by atoms with Gasteiger partial charge in [-0.15, -0.1) is 0 Å². The quantitative estimate of drug-likeness (QED) is 0.819. The average Bonchev–Trinajstić information content (AvgIpc) is 2.30. The van der Waals surface area contributed by atoms with Crippen LogP contribution in [0.25, 0.3) is 0 Å². The smallest absolute Gasteiger partial charge is 0.353 e. The highest BCUT2D eigenvalue weighted by Crippen LogP contribution is 2.37. The van der Waals surface area contributed by atoms with Gasteiger partial charge in [0.1, 0.15) is 0 Å². The van der Waals surface area contributed by atoms with Gasteiger partial charge in [0.05, 0.1) is 5.92 Å². The molecule has 3 N–H and O–H groups in total. The number of amides is 1. The Labute approximate surface area is 105 Å². The highest BCUT2D eigenvalue weighted by molar-refractivity contribution is 5.79. The third kappa shape index (κ3) is 4.15. The summed E-state index contributed by atoms with van der Waals surface area (Å²) in [7, 11) is 0. The van der Waals surface area contributed by atoms with Gasteiger partial charge in [-0.3, -0.25) is 4.79 Å². The Hall–Kier alpha value is -0.780. The van der Waals surface area contributed by atoms with Gasteiger partial charge in [-0.2, -0.15) is 13.2 Å². The van der Waals surface area contributed by atoms with Gasteiger partial charge in [0.15, 0.2) is 0 Å². The summed E-state index contributed by atoms with van der Waals surface area (Å²) in [5.74, 6) is -1.57. The molecule has 106 valence electrons. The van der Waals surface area contributed by atoms with E-state index in [4.69, 9.17) is 5.73 Å². The zero-order chi connectivity index (χ0) is 13.8. The molecule has 0 spiro atoms. The summed E-state index contributed by atoms with van der Waals surface area (Å²) < 4.78 is 37.4. The molecule has 6 heteroatoms. The number of halogens is 3. The van der Waals surface area contributed by atoms with Crippen LogP contribution in [0.4, 0.5) is 13.2 Å². The fourth-order valence-corrected chi connectivity index (χ4v) is 2.34. The molecular weight excluding hydrogens is 245 g/mol. The van der Waals surface area contributed by atoms with Crippen molar-refractivity contribution >= 4 is 5.91 Å². The molecule has 1 fully saturated rings. The third-order valence-corrected chi connectivity index (χ3v) is 3.68. The highest BCUT2D eigenvalue weighted by atomic mass is 19.4. The number of carbonyl (C=O) groups is 1. The van der Waals surface area contributed by atoms with Crippen LogP contribution in [0.3, 0.4) is 0 Å². The molecule has 0 aromatic heterocycles. The lowest BCUT2D eigenvalue weighted by atomic mass is 9.85. The number of hydrogen-bond acceptors (Lipinski definition) is 2. The van der Waals surface area contributed by atoms with Gasteiger partial charge in [0.2, 0.25) is 5.91 Å². The molecule has 1 amide bonds. The number of nitrogens with two attached hydrogens (primary N) is 1. The first-order valence-electron chi connectivity index (χ1n) is 6.45. The molecular formula is C12H21F3N2O. The standard InChI is InChI=1S/C12H21F3N2O/c1-2-8(7-16)11(18)17-10-5-3-9(4-6-10)12(13,14)15/h8-10H,2-7,16H2,1H3,(H,17,18). The first-order chi connectivity index (χ1) is 8.38. The molecule has 0 aliphatic heterocycles. The van der Waals surface area contributed by atoms with Crippen LogP contribution in [0.15, 0.2) is 0 Å². The molecule has 0 radical (unpaired) electrons. The molecule has 1 saturated carbocycles. The number of hydrogen-bond donors (Lipinski definition) is 2. The molecule has 1 rings (SSSR count). The predicted molar refractivity (Wildman–Crippen MR) is 62.8 cm³/mol. The summed E-state index contributed by atoms with van der Waals surface area (Å²) in [6, 6.07) is -0.128. The Morgan fingerprint density at radius 3 is 2.28 bits per heavy atom. The Morgan fingerprint density at radius 1 is 1.33 bits per heavy atom. The van der Waals surface area contributed by atoms with Crippen molar-refractivity contribution in [1.29, 1.82) is 0 Å². The minimum atomic E-state index is -4.10. The van der Waals surface area contributed by atoms with Crippen LogP contribution in [0.2, 0.25) is 0 Å². The fourth-order valence-electron chi connectivity index (χ4n) is 2.34. The SMILES string of the molecule is CCC(CN)C(=O)NC1CCC(C(F)(F)F)CC1. The van der Waals surface area contributed by atoms with Crippen LogP contribution in [0.1, 0.15) is 39.0 Å². The Bertz CT molecular complexity index is 269. The van der Waals surface area contributed by atoms with E-state index in [1.807, 2.05) is 6.92 Å². The van der Waals surface area contributed by atoms with E-state index in [1.165, 1.54) is 0 Å². The van der Waals surface area contributed by atoms with E-state index in [2.05, 4.69) is 5.32 Å². The molecule has 18 heavy (non-hydrogen) atoms. The van der Waals surface area contributed by atoms with E-state index in [0.29, 0.717) is 19.3 Å². The van der Waals surface area contributed by atoms with E-state index >= 15 is 0 Å². The predicted octanol–water partition coefficient (Wildman–Crippen LogP) is 2.21. The van der Waals surface area contributed by atoms with Gasteiger partial charge in [-0.25, -0.2) is 0 Å². The molecule has 1 aliphatic rings. The Morgan fingerprint density at radius 2 is 1.89 bits per heavy atom. The summed E-state index contributed by atoms with van der Waals surface area (Å²) >= 11 is 0. The van der Waals surface area contributed by atoms with E-state index < -0.39 is 12.1 Å². The summed E-state index contributed by atoms with van der Waals surface area (Å²) in [5, 5.41) is 2.81. The van der Waals surface area contributed by atoms with Gasteiger partial charge in [0.25, 0.3) is 0 Å². The number of nitrogens with one attached hydrogen (secondary N) is 1. The van der Waals surface area contributed by atoms with Crippen molar-refractivity contribution < 1.29 is 18.0 Å². The fraction of sp³-hybridized carbons (Fsp3) is 0.917. The monoisotopic (exact) mass is 266 g/mol. The second-order valence-electron chi connectivity index (χ2n) is 4.94. The van der Waals surface area contributed by atoms with E-state index in [1.54, 1.807) is 0 Å². The van der Waals surface area contributed by atoms with Crippen LogP contribution >= 0.6 is 0 Å². The second-order valence-corrected chi connectivity index (χ2v) is 4.94. The van der Waals surface area contributed by atoms with Crippen LogP contribution in [-0.2, 0) is 4.79 Å². The highest BCUT2D eigenvalue weighted by Gasteiger charge is 2.41. The lowest BCUT2D eigenvalue weighted by Gasteiger charge is -2.31. The molecule has 0 saturated heterocycles. The molecule has 1 unspecified atom stereocenters. The summed E-state index contributed by atoms with van der Waals surface area (Å²) in [6.45, 7) is 2.15. The van der Waals surface area contributed by atoms with Crippen molar-refractivity contribution in [1.82, 2.24) is 5.32 Å². The second kappa shape index (κ2) is 6.41. The van der Waals surface area contributed by atoms with E-state index in [0.717, 1.165) is 0 Å². The maximum atomic E-state index is 12.5. The summed E-state index contributed by atoms with van der Waals surface area (Å²) in [5.41, 5.74) is 5.46. The number of rotatable bonds is 4. The van der Waals surface area contributed by atoms with Gasteiger partial charge in [-0.05, 0) is 32.1 Å². The lowest BCUT2D eigenvalue weighted by Crippen LogP contribution is -2.43. The molecule has 0 heterocycles. The van der Waals surface area contributed by atoms with E-state index in [9.17, 15) is 18.0 Å². The van der Waals surface area contributed by atoms with Crippen molar-refractivity contribution in [2.45, 2.75) is 51.2 Å². The maximum Gasteiger partial charge on any atom is 0.391 e. The van der Waals surface area contributed by atoms with Crippen LogP contribution in [0, 0.1) is 11.8 Å². The largest absolute Gasteiger partial charge is 0.391 e. The Balaban J connectivity index is 2.38. The van der Waals surface area contributed by atoms with Gasteiger partial charge < -0.3 is 11.1 Å². The molecule has 1 atom stereocenters.